The number of benzene rings is 1. The van der Waals surface area contributed by atoms with Gasteiger partial charge in [-0.15, -0.1) is 0 Å². The monoisotopic (exact) mass is 266 g/mol. The highest BCUT2D eigenvalue weighted by Gasteiger charge is 2.27. The summed E-state index contributed by atoms with van der Waals surface area (Å²) in [6.45, 7) is 4.00. The maximum absolute atomic E-state index is 13.2. The van der Waals surface area contributed by atoms with Crippen LogP contribution in [-0.4, -0.2) is 50.2 Å². The minimum atomic E-state index is -0.287. The fraction of sp³-hybridized carbons (Fsp3) is 0.500. The van der Waals surface area contributed by atoms with E-state index in [1.807, 2.05) is 7.05 Å². The molecule has 0 aromatic heterocycles. The van der Waals surface area contributed by atoms with Gasteiger partial charge in [0.15, 0.2) is 0 Å². The fourth-order valence-electron chi connectivity index (χ4n) is 2.27. The average Bonchev–Trinajstić information content (AvgIpc) is 2.42. The second kappa shape index (κ2) is 6.12. The van der Waals surface area contributed by atoms with Crippen molar-refractivity contribution >= 4 is 5.91 Å². The number of hydrogen-bond donors (Lipinski definition) is 1. The number of hydrogen-bond acceptors (Lipinski definition) is 3. The van der Waals surface area contributed by atoms with Crippen LogP contribution in [0.2, 0.25) is 0 Å². The van der Waals surface area contributed by atoms with Gasteiger partial charge in [-0.25, -0.2) is 4.39 Å². The van der Waals surface area contributed by atoms with Crippen molar-refractivity contribution < 1.29 is 13.9 Å². The Morgan fingerprint density at radius 1 is 1.58 bits per heavy atom. The van der Waals surface area contributed by atoms with Crippen molar-refractivity contribution in [1.82, 2.24) is 10.2 Å². The zero-order valence-corrected chi connectivity index (χ0v) is 11.3. The largest absolute Gasteiger partial charge is 0.377 e. The van der Waals surface area contributed by atoms with Crippen molar-refractivity contribution in [2.45, 2.75) is 13.0 Å². The molecule has 1 heterocycles. The minimum Gasteiger partial charge on any atom is -0.377 e. The molecule has 4 nitrogen and oxygen atoms in total. The summed E-state index contributed by atoms with van der Waals surface area (Å²) in [5.41, 5.74) is 1.02. The van der Waals surface area contributed by atoms with E-state index in [2.05, 4.69) is 5.32 Å². The fourth-order valence-corrected chi connectivity index (χ4v) is 2.27. The van der Waals surface area contributed by atoms with Gasteiger partial charge < -0.3 is 15.0 Å². The van der Waals surface area contributed by atoms with Crippen molar-refractivity contribution in [2.24, 2.45) is 0 Å². The summed E-state index contributed by atoms with van der Waals surface area (Å²) in [4.78, 5) is 14.3. The molecule has 0 aliphatic carbocycles. The third-order valence-electron chi connectivity index (χ3n) is 3.33. The minimum absolute atomic E-state index is 0.0246. The molecule has 0 radical (unpaired) electrons. The molecule has 0 saturated carbocycles. The van der Waals surface area contributed by atoms with E-state index in [1.165, 1.54) is 12.1 Å². The van der Waals surface area contributed by atoms with E-state index in [4.69, 9.17) is 4.74 Å². The van der Waals surface area contributed by atoms with Crippen LogP contribution in [0.25, 0.3) is 0 Å². The smallest absolute Gasteiger partial charge is 0.254 e. The topological polar surface area (TPSA) is 41.6 Å². The summed E-state index contributed by atoms with van der Waals surface area (Å²) in [7, 11) is 1.85. The number of halogens is 1. The molecule has 104 valence electrons. The number of amides is 1. The van der Waals surface area contributed by atoms with Gasteiger partial charge in [-0.1, -0.05) is 0 Å². The van der Waals surface area contributed by atoms with E-state index in [-0.39, 0.29) is 17.8 Å². The zero-order chi connectivity index (χ0) is 13.8. The third kappa shape index (κ3) is 3.11. The average molecular weight is 266 g/mol. The molecule has 1 aliphatic rings. The number of morpholine rings is 1. The zero-order valence-electron chi connectivity index (χ0n) is 11.3. The molecule has 1 atom stereocenters. The molecule has 1 amide bonds. The summed E-state index contributed by atoms with van der Waals surface area (Å²) < 4.78 is 18.6. The lowest BCUT2D eigenvalue weighted by Crippen LogP contribution is -2.52. The molecule has 2 rings (SSSR count). The SMILES string of the molecule is CNCC1COCCN1C(=O)c1ccc(F)c(C)c1. The highest BCUT2D eigenvalue weighted by atomic mass is 19.1. The number of carbonyl (C=O) groups is 1. The molecule has 1 fully saturated rings. The van der Waals surface area contributed by atoms with Crippen LogP contribution < -0.4 is 5.32 Å². The van der Waals surface area contributed by atoms with E-state index in [0.717, 1.165) is 0 Å². The Morgan fingerprint density at radius 3 is 3.05 bits per heavy atom. The maximum atomic E-state index is 13.2. The number of aryl methyl sites for hydroxylation is 1. The molecule has 1 unspecified atom stereocenters. The lowest BCUT2D eigenvalue weighted by molar-refractivity contribution is -0.000982. The predicted molar refractivity (Wildman–Crippen MR) is 70.7 cm³/mol. The number of rotatable bonds is 3. The second-order valence-electron chi connectivity index (χ2n) is 4.75. The number of nitrogens with zero attached hydrogens (tertiary/aromatic N) is 1. The highest BCUT2D eigenvalue weighted by Crippen LogP contribution is 2.15. The van der Waals surface area contributed by atoms with Crippen molar-refractivity contribution in [1.29, 1.82) is 0 Å². The van der Waals surface area contributed by atoms with Gasteiger partial charge in [-0.05, 0) is 37.7 Å². The first-order valence-corrected chi connectivity index (χ1v) is 6.43. The summed E-state index contributed by atoms with van der Waals surface area (Å²) in [5, 5.41) is 3.06. The predicted octanol–water partition coefficient (Wildman–Crippen LogP) is 1.19. The van der Waals surface area contributed by atoms with E-state index < -0.39 is 0 Å². The standard InChI is InChI=1S/C14H19FN2O2/c1-10-7-11(3-4-13(10)15)14(18)17-5-6-19-9-12(17)8-16-2/h3-4,7,12,16H,5-6,8-9H2,1-2H3. The van der Waals surface area contributed by atoms with Crippen molar-refractivity contribution in [3.63, 3.8) is 0 Å². The number of likely N-dealkylation sites (N-methyl/N-ethyl adjacent to an activating group) is 1. The van der Waals surface area contributed by atoms with Crippen LogP contribution in [-0.2, 0) is 4.74 Å². The van der Waals surface area contributed by atoms with Crippen LogP contribution in [0.1, 0.15) is 15.9 Å². The van der Waals surface area contributed by atoms with Crippen LogP contribution in [0, 0.1) is 12.7 Å². The normalized spacial score (nSPS) is 19.5. The van der Waals surface area contributed by atoms with Gasteiger partial charge in [-0.3, -0.25) is 4.79 Å². The quantitative estimate of drug-likeness (QED) is 0.893. The van der Waals surface area contributed by atoms with E-state index in [9.17, 15) is 9.18 Å². The van der Waals surface area contributed by atoms with Crippen LogP contribution in [0.3, 0.4) is 0 Å². The lowest BCUT2D eigenvalue weighted by Gasteiger charge is -2.35. The molecule has 1 N–H and O–H groups in total. The van der Waals surface area contributed by atoms with Gasteiger partial charge in [0.05, 0.1) is 19.3 Å². The van der Waals surface area contributed by atoms with Gasteiger partial charge in [-0.2, -0.15) is 0 Å². The van der Waals surface area contributed by atoms with Gasteiger partial charge in [0.25, 0.3) is 5.91 Å². The highest BCUT2D eigenvalue weighted by molar-refractivity contribution is 5.94. The van der Waals surface area contributed by atoms with Crippen molar-refractivity contribution in [2.75, 3.05) is 33.4 Å². The van der Waals surface area contributed by atoms with Crippen LogP contribution >= 0.6 is 0 Å². The third-order valence-corrected chi connectivity index (χ3v) is 3.33. The van der Waals surface area contributed by atoms with E-state index in [0.29, 0.717) is 37.4 Å². The Morgan fingerprint density at radius 2 is 2.37 bits per heavy atom. The van der Waals surface area contributed by atoms with Gasteiger partial charge in [0.1, 0.15) is 5.82 Å². The van der Waals surface area contributed by atoms with Gasteiger partial charge in [0, 0.05) is 18.7 Å². The second-order valence-corrected chi connectivity index (χ2v) is 4.75. The summed E-state index contributed by atoms with van der Waals surface area (Å²) in [6, 6.07) is 4.51. The number of ether oxygens (including phenoxy) is 1. The molecule has 5 heteroatoms. The van der Waals surface area contributed by atoms with Crippen LogP contribution in [0.5, 0.6) is 0 Å². The molecule has 19 heavy (non-hydrogen) atoms. The molecule has 1 aromatic rings. The Balaban J connectivity index is 2.18. The summed E-state index contributed by atoms with van der Waals surface area (Å²) in [5.74, 6) is -0.350. The van der Waals surface area contributed by atoms with Gasteiger partial charge in [0.2, 0.25) is 0 Å². The summed E-state index contributed by atoms with van der Waals surface area (Å²) >= 11 is 0. The van der Waals surface area contributed by atoms with Crippen LogP contribution in [0.15, 0.2) is 18.2 Å². The first kappa shape index (κ1) is 14.0. The number of carbonyl (C=O) groups excluding carboxylic acids is 1. The summed E-state index contributed by atoms with van der Waals surface area (Å²) in [6.07, 6.45) is 0. The Bertz CT molecular complexity index is 463. The number of nitrogens with one attached hydrogen (secondary N) is 1. The first-order valence-electron chi connectivity index (χ1n) is 6.43. The molecule has 0 spiro atoms. The molecule has 0 bridgehead atoms. The Kier molecular flexibility index (Phi) is 4.50. The van der Waals surface area contributed by atoms with Crippen LogP contribution in [0.4, 0.5) is 4.39 Å². The lowest BCUT2D eigenvalue weighted by atomic mass is 10.1. The van der Waals surface area contributed by atoms with E-state index in [1.54, 1.807) is 17.9 Å². The molecular weight excluding hydrogens is 247 g/mol. The molecule has 1 aliphatic heterocycles. The molecule has 1 saturated heterocycles. The molecular formula is C14H19FN2O2. The maximum Gasteiger partial charge on any atom is 0.254 e. The Hall–Kier alpha value is -1.46. The van der Waals surface area contributed by atoms with Gasteiger partial charge >= 0.3 is 0 Å². The van der Waals surface area contributed by atoms with Crippen molar-refractivity contribution in [3.8, 4) is 0 Å². The van der Waals surface area contributed by atoms with E-state index >= 15 is 0 Å². The first-order chi connectivity index (χ1) is 9.13. The molecule has 1 aromatic carbocycles. The van der Waals surface area contributed by atoms with Crippen molar-refractivity contribution in [3.05, 3.63) is 35.1 Å². The Labute approximate surface area is 112 Å².